The molecule has 1 fully saturated rings. The molecule has 0 N–H and O–H groups in total. The molecule has 2 atom stereocenters. The minimum Gasteiger partial charge on any atom is -0.497 e. The van der Waals surface area contributed by atoms with E-state index in [1.54, 1.807) is 7.11 Å². The molecule has 0 bridgehead atoms. The molecule has 0 radical (unpaired) electrons. The number of hydrogen-bond acceptors (Lipinski definition) is 2. The van der Waals surface area contributed by atoms with Crippen molar-refractivity contribution in [2.75, 3.05) is 13.7 Å². The fourth-order valence-electron chi connectivity index (χ4n) is 4.30. The number of methoxy groups -OCH3 is 1. The van der Waals surface area contributed by atoms with E-state index < -0.39 is 0 Å². The normalized spacial score (nSPS) is 17.4. The van der Waals surface area contributed by atoms with Crippen LogP contribution < -0.4 is 4.74 Å². The van der Waals surface area contributed by atoms with E-state index >= 15 is 0 Å². The van der Waals surface area contributed by atoms with Gasteiger partial charge in [-0.15, -0.1) is 0 Å². The Kier molecular flexibility index (Phi) is 6.76. The molecule has 1 heterocycles. The zero-order valence-corrected chi connectivity index (χ0v) is 18.5. The predicted octanol–water partition coefficient (Wildman–Crippen LogP) is 5.48. The molecule has 4 heteroatoms. The van der Waals surface area contributed by atoms with Gasteiger partial charge in [0.1, 0.15) is 5.75 Å². The molecule has 2 aromatic carbocycles. The Bertz CT molecular complexity index is 995. The van der Waals surface area contributed by atoms with Gasteiger partial charge in [0.25, 0.3) is 0 Å². The van der Waals surface area contributed by atoms with Gasteiger partial charge in [-0.3, -0.25) is 4.79 Å². The van der Waals surface area contributed by atoms with Gasteiger partial charge in [0, 0.05) is 30.9 Å². The molecule has 0 spiro atoms. The van der Waals surface area contributed by atoms with Crippen LogP contribution in [-0.2, 0) is 17.9 Å². The molecule has 0 saturated heterocycles. The maximum Gasteiger partial charge on any atom is 0.226 e. The Labute approximate surface area is 185 Å². The van der Waals surface area contributed by atoms with Crippen LogP contribution in [-0.4, -0.2) is 29.0 Å². The van der Waals surface area contributed by atoms with E-state index in [-0.39, 0.29) is 5.92 Å². The van der Waals surface area contributed by atoms with Crippen LogP contribution in [0.1, 0.15) is 48.9 Å². The van der Waals surface area contributed by atoms with Gasteiger partial charge in [0.15, 0.2) is 0 Å². The largest absolute Gasteiger partial charge is 0.497 e. The summed E-state index contributed by atoms with van der Waals surface area (Å²) in [7, 11) is 1.69. The molecule has 1 saturated carbocycles. The third-order valence-electron chi connectivity index (χ3n) is 6.19. The second-order valence-electron chi connectivity index (χ2n) is 8.45. The van der Waals surface area contributed by atoms with Gasteiger partial charge < -0.3 is 14.2 Å². The van der Waals surface area contributed by atoms with Crippen molar-refractivity contribution < 1.29 is 9.53 Å². The Morgan fingerprint density at radius 1 is 1.10 bits per heavy atom. The molecular formula is C27H32N2O2. The van der Waals surface area contributed by atoms with Crippen LogP contribution in [0.25, 0.3) is 0 Å². The van der Waals surface area contributed by atoms with E-state index in [0.717, 1.165) is 38.1 Å². The first kappa shape index (κ1) is 21.2. The lowest BCUT2D eigenvalue weighted by atomic mass is 10.1. The summed E-state index contributed by atoms with van der Waals surface area (Å²) in [6, 6.07) is 22.8. The Hall–Kier alpha value is -3.01. The lowest BCUT2D eigenvalue weighted by Gasteiger charge is -2.24. The fourth-order valence-corrected chi connectivity index (χ4v) is 4.30. The summed E-state index contributed by atoms with van der Waals surface area (Å²) in [6.45, 7) is 4.43. The third-order valence-corrected chi connectivity index (χ3v) is 6.19. The third kappa shape index (κ3) is 5.19. The van der Waals surface area contributed by atoms with Crippen LogP contribution in [0.3, 0.4) is 0 Å². The summed E-state index contributed by atoms with van der Waals surface area (Å²) in [5.74, 6) is 1.67. The SMILES string of the molecule is CCCCN(Cc1cccn1Cc1cccc(OC)c1)C(=O)[C@H]1C[C@H]1c1ccccc1. The van der Waals surface area contributed by atoms with Gasteiger partial charge in [-0.25, -0.2) is 0 Å². The van der Waals surface area contributed by atoms with E-state index in [1.807, 2.05) is 18.2 Å². The number of nitrogens with zero attached hydrogens (tertiary/aromatic N) is 2. The second kappa shape index (κ2) is 9.86. The van der Waals surface area contributed by atoms with Crippen LogP contribution in [0.15, 0.2) is 72.9 Å². The molecule has 4 nitrogen and oxygen atoms in total. The molecule has 1 aromatic heterocycles. The van der Waals surface area contributed by atoms with E-state index in [0.29, 0.717) is 18.4 Å². The first-order valence-corrected chi connectivity index (χ1v) is 11.3. The summed E-state index contributed by atoms with van der Waals surface area (Å²) in [5.41, 5.74) is 3.65. The molecule has 162 valence electrons. The summed E-state index contributed by atoms with van der Waals surface area (Å²) < 4.78 is 7.60. The van der Waals surface area contributed by atoms with E-state index in [9.17, 15) is 4.79 Å². The first-order chi connectivity index (χ1) is 15.2. The maximum atomic E-state index is 13.4. The number of carbonyl (C=O) groups excluding carboxylic acids is 1. The lowest BCUT2D eigenvalue weighted by molar-refractivity contribution is -0.133. The van der Waals surface area contributed by atoms with Crippen molar-refractivity contribution in [1.82, 2.24) is 9.47 Å². The highest BCUT2D eigenvalue weighted by Gasteiger charge is 2.45. The molecule has 0 unspecified atom stereocenters. The van der Waals surface area contributed by atoms with Gasteiger partial charge in [-0.2, -0.15) is 0 Å². The number of carbonyl (C=O) groups is 1. The van der Waals surface area contributed by atoms with Crippen LogP contribution >= 0.6 is 0 Å². The highest BCUT2D eigenvalue weighted by molar-refractivity contribution is 5.83. The topological polar surface area (TPSA) is 34.5 Å². The summed E-state index contributed by atoms with van der Waals surface area (Å²) in [5, 5.41) is 0. The number of ether oxygens (including phenoxy) is 1. The molecule has 1 aliphatic carbocycles. The van der Waals surface area contributed by atoms with Crippen molar-refractivity contribution in [2.24, 2.45) is 5.92 Å². The first-order valence-electron chi connectivity index (χ1n) is 11.3. The minimum absolute atomic E-state index is 0.126. The van der Waals surface area contributed by atoms with Crippen molar-refractivity contribution in [3.05, 3.63) is 89.7 Å². The second-order valence-corrected chi connectivity index (χ2v) is 8.45. The van der Waals surface area contributed by atoms with Crippen molar-refractivity contribution in [1.29, 1.82) is 0 Å². The number of hydrogen-bond donors (Lipinski definition) is 0. The highest BCUT2D eigenvalue weighted by Crippen LogP contribution is 2.48. The Morgan fingerprint density at radius 3 is 2.71 bits per heavy atom. The smallest absolute Gasteiger partial charge is 0.226 e. The minimum atomic E-state index is 0.126. The van der Waals surface area contributed by atoms with Crippen molar-refractivity contribution in [3.63, 3.8) is 0 Å². The summed E-state index contributed by atoms with van der Waals surface area (Å²) in [6.07, 6.45) is 5.18. The van der Waals surface area contributed by atoms with Crippen molar-refractivity contribution in [3.8, 4) is 5.75 Å². The Balaban J connectivity index is 1.46. The van der Waals surface area contributed by atoms with Crippen LogP contribution in [0.2, 0.25) is 0 Å². The van der Waals surface area contributed by atoms with E-state index in [1.165, 1.54) is 16.8 Å². The average molecular weight is 417 g/mol. The predicted molar refractivity (Wildman–Crippen MR) is 124 cm³/mol. The quantitative estimate of drug-likeness (QED) is 0.439. The zero-order chi connectivity index (χ0) is 21.6. The summed E-state index contributed by atoms with van der Waals surface area (Å²) >= 11 is 0. The monoisotopic (exact) mass is 416 g/mol. The van der Waals surface area contributed by atoms with Gasteiger partial charge in [0.2, 0.25) is 5.91 Å². The fraction of sp³-hybridized carbons (Fsp3) is 0.370. The number of benzene rings is 2. The number of amides is 1. The molecule has 3 aromatic rings. The molecule has 1 amide bonds. The van der Waals surface area contributed by atoms with Crippen LogP contribution in [0.4, 0.5) is 0 Å². The lowest BCUT2D eigenvalue weighted by Crippen LogP contribution is -2.33. The maximum absolute atomic E-state index is 13.4. The van der Waals surface area contributed by atoms with Crippen molar-refractivity contribution >= 4 is 5.91 Å². The highest BCUT2D eigenvalue weighted by atomic mass is 16.5. The number of aromatic nitrogens is 1. The number of rotatable bonds is 10. The Morgan fingerprint density at radius 2 is 1.94 bits per heavy atom. The van der Waals surface area contributed by atoms with Gasteiger partial charge in [0.05, 0.1) is 13.7 Å². The molecule has 1 aliphatic rings. The van der Waals surface area contributed by atoms with Gasteiger partial charge >= 0.3 is 0 Å². The van der Waals surface area contributed by atoms with Crippen molar-refractivity contribution in [2.45, 2.75) is 45.2 Å². The molecule has 0 aliphatic heterocycles. The zero-order valence-electron chi connectivity index (χ0n) is 18.5. The van der Waals surface area contributed by atoms with Gasteiger partial charge in [-0.1, -0.05) is 55.8 Å². The standard InChI is InChI=1S/C27H32N2O2/c1-3-4-15-29(27(30)26-18-25(26)22-11-6-5-7-12-22)20-23-13-9-16-28(23)19-21-10-8-14-24(17-21)31-2/h5-14,16-17,25-26H,3-4,15,18-20H2,1-2H3/t25-,26-/m0/s1. The average Bonchev–Trinajstić information content (AvgIpc) is 3.50. The van der Waals surface area contributed by atoms with E-state index in [2.05, 4.69) is 71.1 Å². The molecule has 31 heavy (non-hydrogen) atoms. The molecular weight excluding hydrogens is 384 g/mol. The van der Waals surface area contributed by atoms with Crippen LogP contribution in [0, 0.1) is 5.92 Å². The number of unbranched alkanes of at least 4 members (excludes halogenated alkanes) is 1. The summed E-state index contributed by atoms with van der Waals surface area (Å²) in [4.78, 5) is 15.5. The van der Waals surface area contributed by atoms with Crippen LogP contribution in [0.5, 0.6) is 5.75 Å². The molecule has 4 rings (SSSR count). The van der Waals surface area contributed by atoms with Gasteiger partial charge in [-0.05, 0) is 54.2 Å². The van der Waals surface area contributed by atoms with E-state index in [4.69, 9.17) is 4.74 Å².